The smallest absolute Gasteiger partial charge is 0.258 e. The lowest BCUT2D eigenvalue weighted by Gasteiger charge is -2.14. The van der Waals surface area contributed by atoms with Crippen molar-refractivity contribution in [3.8, 4) is 5.75 Å². The average Bonchev–Trinajstić information content (AvgIpc) is 2.54. The van der Waals surface area contributed by atoms with Crippen molar-refractivity contribution in [2.75, 3.05) is 13.2 Å². The molecule has 0 aliphatic rings. The first kappa shape index (κ1) is 17.9. The van der Waals surface area contributed by atoms with Crippen molar-refractivity contribution in [2.24, 2.45) is 0 Å². The predicted octanol–water partition coefficient (Wildman–Crippen LogP) is 2.81. The first-order valence-electron chi connectivity index (χ1n) is 7.47. The fraction of sp³-hybridized carbons (Fsp3) is 0.278. The zero-order valence-electron chi connectivity index (χ0n) is 13.5. The van der Waals surface area contributed by atoms with Crippen LogP contribution in [0.1, 0.15) is 22.8 Å². The van der Waals surface area contributed by atoms with E-state index >= 15 is 0 Å². The number of nitrogens with one attached hydrogen (secondary N) is 1. The number of hydrogen-bond donors (Lipinski definition) is 2. The van der Waals surface area contributed by atoms with Gasteiger partial charge in [-0.15, -0.1) is 0 Å². The molecule has 0 heterocycles. The van der Waals surface area contributed by atoms with E-state index in [-0.39, 0.29) is 13.2 Å². The van der Waals surface area contributed by atoms with Gasteiger partial charge in [0.15, 0.2) is 6.61 Å². The molecule has 0 radical (unpaired) electrons. The molecule has 0 aliphatic carbocycles. The standard InChI is InChI=1S/C18H19F2NO3/c1-11-6-7-13(8-12(11)2)24-10-17(23)21-9-16(22)18-14(19)4-3-5-15(18)20/h3-8,16,22H,9-10H2,1-2H3,(H,21,23). The highest BCUT2D eigenvalue weighted by Gasteiger charge is 2.18. The summed E-state index contributed by atoms with van der Waals surface area (Å²) in [4.78, 5) is 11.7. The molecule has 1 atom stereocenters. The van der Waals surface area contributed by atoms with Gasteiger partial charge < -0.3 is 15.2 Å². The quantitative estimate of drug-likeness (QED) is 0.853. The molecule has 2 aromatic rings. The van der Waals surface area contributed by atoms with E-state index in [9.17, 15) is 18.7 Å². The Morgan fingerprint density at radius 3 is 2.46 bits per heavy atom. The van der Waals surface area contributed by atoms with Crippen LogP contribution >= 0.6 is 0 Å². The number of halogens is 2. The molecule has 0 spiro atoms. The Hall–Kier alpha value is -2.47. The van der Waals surface area contributed by atoms with Crippen molar-refractivity contribution < 1.29 is 23.4 Å². The number of carbonyl (C=O) groups is 1. The summed E-state index contributed by atoms with van der Waals surface area (Å²) in [6, 6.07) is 8.74. The number of rotatable bonds is 6. The Labute approximate surface area is 139 Å². The highest BCUT2D eigenvalue weighted by Crippen LogP contribution is 2.20. The molecular weight excluding hydrogens is 316 g/mol. The van der Waals surface area contributed by atoms with E-state index in [1.165, 1.54) is 6.07 Å². The number of hydrogen-bond acceptors (Lipinski definition) is 3. The monoisotopic (exact) mass is 335 g/mol. The normalized spacial score (nSPS) is 11.9. The molecule has 0 saturated carbocycles. The van der Waals surface area contributed by atoms with Crippen molar-refractivity contribution in [1.29, 1.82) is 0 Å². The maximum absolute atomic E-state index is 13.5. The van der Waals surface area contributed by atoms with Crippen molar-refractivity contribution >= 4 is 5.91 Å². The Bertz CT molecular complexity index is 714. The van der Waals surface area contributed by atoms with Gasteiger partial charge in [-0.05, 0) is 49.2 Å². The molecule has 4 nitrogen and oxygen atoms in total. The fourth-order valence-electron chi connectivity index (χ4n) is 2.15. The molecule has 6 heteroatoms. The minimum absolute atomic E-state index is 0.255. The Kier molecular flexibility index (Phi) is 5.87. The van der Waals surface area contributed by atoms with Crippen molar-refractivity contribution in [2.45, 2.75) is 20.0 Å². The van der Waals surface area contributed by atoms with Gasteiger partial charge in [0.25, 0.3) is 5.91 Å². The number of ether oxygens (including phenoxy) is 1. The molecule has 0 fully saturated rings. The van der Waals surface area contributed by atoms with E-state index in [2.05, 4.69) is 5.32 Å². The largest absolute Gasteiger partial charge is 0.484 e. The lowest BCUT2D eigenvalue weighted by molar-refractivity contribution is -0.123. The van der Waals surface area contributed by atoms with Gasteiger partial charge >= 0.3 is 0 Å². The van der Waals surface area contributed by atoms with E-state index in [0.717, 1.165) is 23.3 Å². The third-order valence-corrected chi connectivity index (χ3v) is 3.67. The van der Waals surface area contributed by atoms with Crippen LogP contribution < -0.4 is 10.1 Å². The second-order valence-electron chi connectivity index (χ2n) is 5.49. The zero-order valence-corrected chi connectivity index (χ0v) is 13.5. The summed E-state index contributed by atoms with van der Waals surface area (Å²) in [7, 11) is 0. The molecule has 24 heavy (non-hydrogen) atoms. The summed E-state index contributed by atoms with van der Waals surface area (Å²) in [5, 5.41) is 12.2. The minimum Gasteiger partial charge on any atom is -0.484 e. The average molecular weight is 335 g/mol. The second kappa shape index (κ2) is 7.88. The molecular formula is C18H19F2NO3. The molecule has 128 valence electrons. The van der Waals surface area contributed by atoms with E-state index in [4.69, 9.17) is 4.74 Å². The second-order valence-corrected chi connectivity index (χ2v) is 5.49. The molecule has 1 unspecified atom stereocenters. The van der Waals surface area contributed by atoms with Crippen molar-refractivity contribution in [1.82, 2.24) is 5.32 Å². The molecule has 2 aromatic carbocycles. The van der Waals surface area contributed by atoms with Crippen LogP contribution in [0, 0.1) is 25.5 Å². The van der Waals surface area contributed by atoms with Crippen LogP contribution in [0.3, 0.4) is 0 Å². The third-order valence-electron chi connectivity index (χ3n) is 3.67. The highest BCUT2D eigenvalue weighted by molar-refractivity contribution is 5.77. The van der Waals surface area contributed by atoms with Crippen LogP contribution in [0.25, 0.3) is 0 Å². The summed E-state index contributed by atoms with van der Waals surface area (Å²) in [5.74, 6) is -1.66. The van der Waals surface area contributed by atoms with Crippen LogP contribution in [0.5, 0.6) is 5.75 Å². The summed E-state index contributed by atoms with van der Waals surface area (Å²) < 4.78 is 32.4. The zero-order chi connectivity index (χ0) is 17.7. The van der Waals surface area contributed by atoms with Crippen LogP contribution in [0.4, 0.5) is 8.78 Å². The maximum Gasteiger partial charge on any atom is 0.258 e. The minimum atomic E-state index is -1.48. The topological polar surface area (TPSA) is 58.6 Å². The summed E-state index contributed by atoms with van der Waals surface area (Å²) in [6.07, 6.45) is -1.48. The summed E-state index contributed by atoms with van der Waals surface area (Å²) in [6.45, 7) is 3.33. The van der Waals surface area contributed by atoms with Crippen LogP contribution in [0.2, 0.25) is 0 Å². The van der Waals surface area contributed by atoms with E-state index in [0.29, 0.717) is 5.75 Å². The van der Waals surface area contributed by atoms with Gasteiger partial charge in [-0.1, -0.05) is 12.1 Å². The fourth-order valence-corrected chi connectivity index (χ4v) is 2.15. The van der Waals surface area contributed by atoms with E-state index in [1.54, 1.807) is 6.07 Å². The van der Waals surface area contributed by atoms with Crippen LogP contribution in [0.15, 0.2) is 36.4 Å². The third kappa shape index (κ3) is 4.52. The first-order chi connectivity index (χ1) is 11.4. The molecule has 0 aromatic heterocycles. The number of amides is 1. The molecule has 0 bridgehead atoms. The van der Waals surface area contributed by atoms with Gasteiger partial charge in [-0.2, -0.15) is 0 Å². The summed E-state index contributed by atoms with van der Waals surface area (Å²) >= 11 is 0. The molecule has 0 aliphatic heterocycles. The Morgan fingerprint density at radius 1 is 1.17 bits per heavy atom. The Morgan fingerprint density at radius 2 is 1.83 bits per heavy atom. The maximum atomic E-state index is 13.5. The van der Waals surface area contributed by atoms with Gasteiger partial charge in [0.05, 0.1) is 5.56 Å². The summed E-state index contributed by atoms with van der Waals surface area (Å²) in [5.41, 5.74) is 1.69. The lowest BCUT2D eigenvalue weighted by Crippen LogP contribution is -2.33. The Balaban J connectivity index is 1.85. The number of aliphatic hydroxyl groups is 1. The van der Waals surface area contributed by atoms with Gasteiger partial charge in [0.2, 0.25) is 0 Å². The SMILES string of the molecule is Cc1ccc(OCC(=O)NCC(O)c2c(F)cccc2F)cc1C. The number of aryl methyl sites for hydroxylation is 2. The van der Waals surface area contributed by atoms with Gasteiger partial charge in [-0.3, -0.25) is 4.79 Å². The molecule has 2 rings (SSSR count). The lowest BCUT2D eigenvalue weighted by atomic mass is 10.1. The number of benzene rings is 2. The van der Waals surface area contributed by atoms with Gasteiger partial charge in [-0.25, -0.2) is 8.78 Å². The van der Waals surface area contributed by atoms with E-state index in [1.807, 2.05) is 26.0 Å². The van der Waals surface area contributed by atoms with Gasteiger partial charge in [0.1, 0.15) is 23.5 Å². The molecule has 0 saturated heterocycles. The van der Waals surface area contributed by atoms with E-state index < -0.39 is 29.2 Å². The number of carbonyl (C=O) groups excluding carboxylic acids is 1. The predicted molar refractivity (Wildman–Crippen MR) is 85.7 cm³/mol. The van der Waals surface area contributed by atoms with Crippen LogP contribution in [-0.2, 0) is 4.79 Å². The van der Waals surface area contributed by atoms with Gasteiger partial charge in [0, 0.05) is 6.54 Å². The van der Waals surface area contributed by atoms with Crippen molar-refractivity contribution in [3.05, 3.63) is 64.7 Å². The molecule has 1 amide bonds. The first-order valence-corrected chi connectivity index (χ1v) is 7.47. The van der Waals surface area contributed by atoms with Crippen LogP contribution in [-0.4, -0.2) is 24.2 Å². The highest BCUT2D eigenvalue weighted by atomic mass is 19.1. The molecule has 2 N–H and O–H groups in total. The number of aliphatic hydroxyl groups excluding tert-OH is 1. The van der Waals surface area contributed by atoms with Crippen molar-refractivity contribution in [3.63, 3.8) is 0 Å².